The van der Waals surface area contributed by atoms with Gasteiger partial charge in [0.25, 0.3) is 5.91 Å². The first-order valence-electron chi connectivity index (χ1n) is 6.41. The first kappa shape index (κ1) is 14.2. The van der Waals surface area contributed by atoms with Gasteiger partial charge < -0.3 is 10.4 Å². The monoisotopic (exact) mass is 273 g/mol. The molecule has 0 spiro atoms. The summed E-state index contributed by atoms with van der Waals surface area (Å²) in [5.74, 6) is -1.08. The van der Waals surface area contributed by atoms with Crippen molar-refractivity contribution in [2.75, 3.05) is 6.61 Å². The molecule has 2 rings (SSSR count). The molecule has 0 aromatic heterocycles. The minimum Gasteiger partial charge on any atom is -0.394 e. The number of rotatable bonds is 5. The van der Waals surface area contributed by atoms with Crippen LogP contribution in [0.25, 0.3) is 0 Å². The van der Waals surface area contributed by atoms with Crippen LogP contribution in [0.15, 0.2) is 54.6 Å². The van der Waals surface area contributed by atoms with Crippen molar-refractivity contribution in [3.63, 3.8) is 0 Å². The van der Waals surface area contributed by atoms with E-state index in [1.54, 1.807) is 6.07 Å². The van der Waals surface area contributed by atoms with Crippen molar-refractivity contribution in [3.8, 4) is 0 Å². The van der Waals surface area contributed by atoms with Gasteiger partial charge in [-0.25, -0.2) is 4.39 Å². The second kappa shape index (κ2) is 6.82. The number of amides is 1. The molecule has 4 heteroatoms. The first-order valence-corrected chi connectivity index (χ1v) is 6.41. The molecule has 0 fully saturated rings. The zero-order chi connectivity index (χ0) is 14.4. The van der Waals surface area contributed by atoms with Crippen molar-refractivity contribution in [3.05, 3.63) is 71.5 Å². The Morgan fingerprint density at radius 3 is 2.40 bits per heavy atom. The number of carbonyl (C=O) groups is 1. The van der Waals surface area contributed by atoms with Crippen LogP contribution in [-0.2, 0) is 6.42 Å². The van der Waals surface area contributed by atoms with Crippen LogP contribution in [0.3, 0.4) is 0 Å². The van der Waals surface area contributed by atoms with Gasteiger partial charge in [0.1, 0.15) is 5.82 Å². The zero-order valence-corrected chi connectivity index (χ0v) is 10.9. The highest BCUT2D eigenvalue weighted by atomic mass is 19.1. The maximum absolute atomic E-state index is 13.5. The second-order valence-corrected chi connectivity index (χ2v) is 4.52. The minimum absolute atomic E-state index is 0.0148. The van der Waals surface area contributed by atoms with E-state index in [0.717, 1.165) is 5.56 Å². The lowest BCUT2D eigenvalue weighted by Crippen LogP contribution is -2.39. The van der Waals surface area contributed by atoms with Gasteiger partial charge >= 0.3 is 0 Å². The van der Waals surface area contributed by atoms with Gasteiger partial charge in [-0.15, -0.1) is 0 Å². The molecule has 2 N–H and O–H groups in total. The molecule has 2 aromatic rings. The van der Waals surface area contributed by atoms with Crippen LogP contribution >= 0.6 is 0 Å². The molecule has 1 atom stereocenters. The van der Waals surface area contributed by atoms with Gasteiger partial charge in [0.05, 0.1) is 18.2 Å². The molecule has 20 heavy (non-hydrogen) atoms. The first-order chi connectivity index (χ1) is 9.70. The molecular weight excluding hydrogens is 257 g/mol. The fourth-order valence-electron chi connectivity index (χ4n) is 1.97. The number of aliphatic hydroxyl groups excluding tert-OH is 1. The fourth-order valence-corrected chi connectivity index (χ4v) is 1.97. The summed E-state index contributed by atoms with van der Waals surface area (Å²) in [6, 6.07) is 14.9. The summed E-state index contributed by atoms with van der Waals surface area (Å²) in [5, 5.41) is 12.0. The summed E-state index contributed by atoms with van der Waals surface area (Å²) in [4.78, 5) is 12.0. The maximum Gasteiger partial charge on any atom is 0.254 e. The molecule has 2 aromatic carbocycles. The molecule has 104 valence electrons. The molecule has 1 amide bonds. The molecule has 0 aliphatic carbocycles. The number of hydrogen-bond donors (Lipinski definition) is 2. The molecule has 1 unspecified atom stereocenters. The molecule has 3 nitrogen and oxygen atoms in total. The molecule has 0 heterocycles. The standard InChI is InChI=1S/C16H16FNO2/c17-15-9-5-4-8-14(15)16(20)18-13(11-19)10-12-6-2-1-3-7-12/h1-9,13,19H,10-11H2,(H,18,20). The third-order valence-electron chi connectivity index (χ3n) is 3.00. The van der Waals surface area contributed by atoms with Crippen LogP contribution in [-0.4, -0.2) is 23.7 Å². The van der Waals surface area contributed by atoms with Crippen molar-refractivity contribution < 1.29 is 14.3 Å². The molecule has 0 aliphatic heterocycles. The van der Waals surface area contributed by atoms with Gasteiger partial charge in [0.2, 0.25) is 0 Å². The van der Waals surface area contributed by atoms with E-state index in [1.807, 2.05) is 30.3 Å². The smallest absolute Gasteiger partial charge is 0.254 e. The average Bonchev–Trinajstić information content (AvgIpc) is 2.48. The van der Waals surface area contributed by atoms with Crippen LogP contribution in [0, 0.1) is 5.82 Å². The fraction of sp³-hybridized carbons (Fsp3) is 0.188. The Bertz CT molecular complexity index is 572. The van der Waals surface area contributed by atoms with Gasteiger partial charge in [0.15, 0.2) is 0 Å². The summed E-state index contributed by atoms with van der Waals surface area (Å²) < 4.78 is 13.5. The number of carbonyl (C=O) groups excluding carboxylic acids is 1. The van der Waals surface area contributed by atoms with E-state index < -0.39 is 17.8 Å². The molecule has 0 radical (unpaired) electrons. The second-order valence-electron chi connectivity index (χ2n) is 4.52. The lowest BCUT2D eigenvalue weighted by molar-refractivity contribution is 0.0912. The van der Waals surface area contributed by atoms with Crippen LogP contribution in [0.2, 0.25) is 0 Å². The summed E-state index contributed by atoms with van der Waals surface area (Å²) in [7, 11) is 0. The highest BCUT2D eigenvalue weighted by molar-refractivity contribution is 5.94. The van der Waals surface area contributed by atoms with Crippen molar-refractivity contribution in [1.82, 2.24) is 5.32 Å². The molecule has 0 saturated heterocycles. The minimum atomic E-state index is -0.568. The normalized spacial score (nSPS) is 11.9. The van der Waals surface area contributed by atoms with Crippen molar-refractivity contribution in [2.24, 2.45) is 0 Å². The lowest BCUT2D eigenvalue weighted by Gasteiger charge is -2.16. The third-order valence-corrected chi connectivity index (χ3v) is 3.00. The van der Waals surface area contributed by atoms with E-state index in [2.05, 4.69) is 5.32 Å². The van der Waals surface area contributed by atoms with Crippen molar-refractivity contribution in [1.29, 1.82) is 0 Å². The predicted molar refractivity (Wildman–Crippen MR) is 74.9 cm³/mol. The van der Waals surface area contributed by atoms with Gasteiger partial charge in [-0.3, -0.25) is 4.79 Å². The highest BCUT2D eigenvalue weighted by Gasteiger charge is 2.16. The maximum atomic E-state index is 13.5. The number of aliphatic hydroxyl groups is 1. The Morgan fingerprint density at radius 1 is 1.10 bits per heavy atom. The van der Waals surface area contributed by atoms with Crippen LogP contribution < -0.4 is 5.32 Å². The molecule has 0 aliphatic rings. The van der Waals surface area contributed by atoms with E-state index >= 15 is 0 Å². The van der Waals surface area contributed by atoms with Gasteiger partial charge in [0, 0.05) is 0 Å². The number of nitrogens with one attached hydrogen (secondary N) is 1. The van der Waals surface area contributed by atoms with Gasteiger partial charge in [-0.1, -0.05) is 42.5 Å². The van der Waals surface area contributed by atoms with Crippen LogP contribution in [0.5, 0.6) is 0 Å². The van der Waals surface area contributed by atoms with E-state index in [4.69, 9.17) is 0 Å². The summed E-state index contributed by atoms with van der Waals surface area (Å²) >= 11 is 0. The lowest BCUT2D eigenvalue weighted by atomic mass is 10.1. The predicted octanol–water partition coefficient (Wildman–Crippen LogP) is 2.16. The van der Waals surface area contributed by atoms with E-state index in [0.29, 0.717) is 6.42 Å². The molecule has 0 bridgehead atoms. The van der Waals surface area contributed by atoms with Gasteiger partial charge in [-0.05, 0) is 24.1 Å². The third kappa shape index (κ3) is 3.65. The Hall–Kier alpha value is -2.20. The SMILES string of the molecule is O=C(NC(CO)Cc1ccccc1)c1ccccc1F. The van der Waals surface area contributed by atoms with E-state index in [-0.39, 0.29) is 12.2 Å². The highest BCUT2D eigenvalue weighted by Crippen LogP contribution is 2.08. The topological polar surface area (TPSA) is 49.3 Å². The number of halogens is 1. The van der Waals surface area contributed by atoms with Crippen LogP contribution in [0.4, 0.5) is 4.39 Å². The molecular formula is C16H16FNO2. The quantitative estimate of drug-likeness (QED) is 0.877. The largest absolute Gasteiger partial charge is 0.394 e. The van der Waals surface area contributed by atoms with Crippen molar-refractivity contribution in [2.45, 2.75) is 12.5 Å². The number of benzene rings is 2. The average molecular weight is 273 g/mol. The Morgan fingerprint density at radius 2 is 1.75 bits per heavy atom. The van der Waals surface area contributed by atoms with Gasteiger partial charge in [-0.2, -0.15) is 0 Å². The van der Waals surface area contributed by atoms with Crippen molar-refractivity contribution >= 4 is 5.91 Å². The van der Waals surface area contributed by atoms with Crippen LogP contribution in [0.1, 0.15) is 15.9 Å². The summed E-state index contributed by atoms with van der Waals surface area (Å²) in [6.45, 7) is -0.199. The van der Waals surface area contributed by atoms with E-state index in [9.17, 15) is 14.3 Å². The Labute approximate surface area is 117 Å². The Kier molecular flexibility index (Phi) is 4.85. The summed E-state index contributed by atoms with van der Waals surface area (Å²) in [5.41, 5.74) is 0.986. The number of hydrogen-bond acceptors (Lipinski definition) is 2. The molecule has 0 saturated carbocycles. The van der Waals surface area contributed by atoms with E-state index in [1.165, 1.54) is 18.2 Å². The Balaban J connectivity index is 2.03. The summed E-state index contributed by atoms with van der Waals surface area (Å²) in [6.07, 6.45) is 0.498. The zero-order valence-electron chi connectivity index (χ0n) is 10.9.